The summed E-state index contributed by atoms with van der Waals surface area (Å²) in [6, 6.07) is 12.5. The molecule has 0 saturated carbocycles. The van der Waals surface area contributed by atoms with E-state index in [1.54, 1.807) is 16.8 Å². The summed E-state index contributed by atoms with van der Waals surface area (Å²) in [6.45, 7) is 0.467. The number of aromatic carboxylic acids is 1. The van der Waals surface area contributed by atoms with Crippen molar-refractivity contribution in [3.8, 4) is 5.75 Å². The monoisotopic (exact) mass is 281 g/mol. The first-order valence-corrected chi connectivity index (χ1v) is 6.54. The third-order valence-electron chi connectivity index (χ3n) is 3.69. The van der Waals surface area contributed by atoms with E-state index in [1.807, 2.05) is 24.3 Å². The first-order valence-electron chi connectivity index (χ1n) is 6.54. The quantitative estimate of drug-likeness (QED) is 0.778. The molecule has 1 aliphatic rings. The van der Waals surface area contributed by atoms with Crippen molar-refractivity contribution in [3.05, 3.63) is 53.6 Å². The second kappa shape index (κ2) is 4.31. The van der Waals surface area contributed by atoms with E-state index in [2.05, 4.69) is 10.3 Å². The fourth-order valence-electron chi connectivity index (χ4n) is 2.65. The zero-order chi connectivity index (χ0) is 14.4. The fourth-order valence-corrected chi connectivity index (χ4v) is 2.65. The van der Waals surface area contributed by atoms with Gasteiger partial charge in [0.25, 0.3) is 0 Å². The van der Waals surface area contributed by atoms with E-state index in [0.717, 1.165) is 11.3 Å². The second-order valence-electron chi connectivity index (χ2n) is 4.91. The molecule has 3 aromatic rings. The van der Waals surface area contributed by atoms with Crippen LogP contribution in [0.2, 0.25) is 0 Å². The topological polar surface area (TPSA) is 77.2 Å². The van der Waals surface area contributed by atoms with Gasteiger partial charge < -0.3 is 9.84 Å². The van der Waals surface area contributed by atoms with Crippen molar-refractivity contribution >= 4 is 17.0 Å². The molecule has 6 nitrogen and oxygen atoms in total. The molecule has 0 saturated heterocycles. The number of aromatic nitrogens is 3. The standard InChI is InChI=1S/C15H11N3O3/c19-15(20)9-5-6-11-12(7-9)18(17-16-11)13-8-21-14-4-2-1-3-10(13)14/h1-7,13H,8H2,(H,19,20). The van der Waals surface area contributed by atoms with Gasteiger partial charge in [-0.3, -0.25) is 0 Å². The van der Waals surface area contributed by atoms with Crippen molar-refractivity contribution in [2.75, 3.05) is 6.61 Å². The number of nitrogens with zero attached hydrogens (tertiary/aromatic N) is 3. The van der Waals surface area contributed by atoms with E-state index in [4.69, 9.17) is 9.84 Å². The summed E-state index contributed by atoms with van der Waals surface area (Å²) in [4.78, 5) is 11.1. The highest BCUT2D eigenvalue weighted by molar-refractivity contribution is 5.92. The van der Waals surface area contributed by atoms with Crippen LogP contribution in [0, 0.1) is 0 Å². The predicted molar refractivity (Wildman–Crippen MR) is 74.6 cm³/mol. The van der Waals surface area contributed by atoms with Crippen LogP contribution in [0.25, 0.3) is 11.0 Å². The Kier molecular flexibility index (Phi) is 2.44. The van der Waals surface area contributed by atoms with Crippen LogP contribution >= 0.6 is 0 Å². The van der Waals surface area contributed by atoms with Gasteiger partial charge in [-0.05, 0) is 24.3 Å². The lowest BCUT2D eigenvalue weighted by atomic mass is 10.1. The van der Waals surface area contributed by atoms with Crippen LogP contribution < -0.4 is 4.74 Å². The SMILES string of the molecule is O=C(O)c1ccc2nnn(C3COc4ccccc43)c2c1. The highest BCUT2D eigenvalue weighted by atomic mass is 16.5. The van der Waals surface area contributed by atoms with Crippen molar-refractivity contribution in [3.63, 3.8) is 0 Å². The van der Waals surface area contributed by atoms with E-state index in [9.17, 15) is 4.79 Å². The van der Waals surface area contributed by atoms with Crippen LogP contribution in [0.3, 0.4) is 0 Å². The van der Waals surface area contributed by atoms with Crippen LogP contribution in [0.4, 0.5) is 0 Å². The summed E-state index contributed by atoms with van der Waals surface area (Å²) in [5.74, 6) is -0.131. The number of carbonyl (C=O) groups is 1. The van der Waals surface area contributed by atoms with E-state index in [-0.39, 0.29) is 11.6 Å². The highest BCUT2D eigenvalue weighted by Gasteiger charge is 2.27. The maximum Gasteiger partial charge on any atom is 0.335 e. The Morgan fingerprint density at radius 3 is 3.00 bits per heavy atom. The Morgan fingerprint density at radius 1 is 1.29 bits per heavy atom. The molecule has 0 fully saturated rings. The predicted octanol–water partition coefficient (Wildman–Crippen LogP) is 2.11. The number of carboxylic acid groups (broad SMARTS) is 1. The Balaban J connectivity index is 1.88. The number of rotatable bonds is 2. The molecular weight excluding hydrogens is 270 g/mol. The van der Waals surface area contributed by atoms with Gasteiger partial charge >= 0.3 is 5.97 Å². The Bertz CT molecular complexity index is 856. The van der Waals surface area contributed by atoms with Gasteiger partial charge in [-0.2, -0.15) is 0 Å². The molecule has 21 heavy (non-hydrogen) atoms. The summed E-state index contributed by atoms with van der Waals surface area (Å²) >= 11 is 0. The molecule has 0 spiro atoms. The van der Waals surface area contributed by atoms with Gasteiger partial charge in [-0.25, -0.2) is 9.48 Å². The van der Waals surface area contributed by atoms with Crippen LogP contribution in [0.1, 0.15) is 22.0 Å². The molecule has 0 radical (unpaired) electrons. The highest BCUT2D eigenvalue weighted by Crippen LogP contribution is 2.35. The second-order valence-corrected chi connectivity index (χ2v) is 4.91. The van der Waals surface area contributed by atoms with Crippen molar-refractivity contribution < 1.29 is 14.6 Å². The third-order valence-corrected chi connectivity index (χ3v) is 3.69. The molecule has 1 aliphatic heterocycles. The molecule has 0 amide bonds. The van der Waals surface area contributed by atoms with Crippen molar-refractivity contribution in [2.24, 2.45) is 0 Å². The summed E-state index contributed by atoms with van der Waals surface area (Å²) < 4.78 is 7.39. The normalized spacial score (nSPS) is 16.7. The van der Waals surface area contributed by atoms with Crippen molar-refractivity contribution in [1.29, 1.82) is 0 Å². The number of ether oxygens (including phenoxy) is 1. The van der Waals surface area contributed by atoms with Gasteiger partial charge in [0.05, 0.1) is 11.1 Å². The van der Waals surface area contributed by atoms with E-state index < -0.39 is 5.97 Å². The minimum absolute atomic E-state index is 0.0877. The minimum Gasteiger partial charge on any atom is -0.491 e. The maximum atomic E-state index is 11.1. The molecule has 1 unspecified atom stereocenters. The molecule has 0 bridgehead atoms. The molecule has 2 heterocycles. The average molecular weight is 281 g/mol. The summed E-state index contributed by atoms with van der Waals surface area (Å²) in [7, 11) is 0. The van der Waals surface area contributed by atoms with Gasteiger partial charge in [0.1, 0.15) is 23.9 Å². The maximum absolute atomic E-state index is 11.1. The molecular formula is C15H11N3O3. The molecule has 6 heteroatoms. The summed E-state index contributed by atoms with van der Waals surface area (Å²) in [6.07, 6.45) is 0. The lowest BCUT2D eigenvalue weighted by Crippen LogP contribution is -2.13. The molecule has 1 atom stereocenters. The van der Waals surface area contributed by atoms with Gasteiger partial charge in [0.2, 0.25) is 0 Å². The molecule has 2 aromatic carbocycles. The first-order chi connectivity index (χ1) is 10.2. The zero-order valence-electron chi connectivity index (χ0n) is 10.9. The lowest BCUT2D eigenvalue weighted by Gasteiger charge is -2.10. The van der Waals surface area contributed by atoms with Crippen LogP contribution in [-0.2, 0) is 0 Å². The summed E-state index contributed by atoms with van der Waals surface area (Å²) in [5.41, 5.74) is 2.62. The number of hydrogen-bond donors (Lipinski definition) is 1. The molecule has 1 aromatic heterocycles. The van der Waals surface area contributed by atoms with E-state index in [1.165, 1.54) is 6.07 Å². The number of benzene rings is 2. The van der Waals surface area contributed by atoms with E-state index in [0.29, 0.717) is 17.6 Å². The first kappa shape index (κ1) is 11.9. The van der Waals surface area contributed by atoms with Gasteiger partial charge in [0.15, 0.2) is 0 Å². The average Bonchev–Trinajstić information content (AvgIpc) is 3.09. The Hall–Kier alpha value is -2.89. The number of carboxylic acids is 1. The van der Waals surface area contributed by atoms with Crippen LogP contribution in [0.15, 0.2) is 42.5 Å². The molecule has 4 rings (SSSR count). The van der Waals surface area contributed by atoms with Gasteiger partial charge in [0, 0.05) is 5.56 Å². The van der Waals surface area contributed by atoms with Gasteiger partial charge in [-0.15, -0.1) is 5.10 Å². The minimum atomic E-state index is -0.965. The van der Waals surface area contributed by atoms with Crippen molar-refractivity contribution in [1.82, 2.24) is 15.0 Å². The van der Waals surface area contributed by atoms with Crippen LogP contribution in [-0.4, -0.2) is 32.7 Å². The summed E-state index contributed by atoms with van der Waals surface area (Å²) in [5, 5.41) is 17.4. The number of para-hydroxylation sites is 1. The fraction of sp³-hybridized carbons (Fsp3) is 0.133. The van der Waals surface area contributed by atoms with E-state index >= 15 is 0 Å². The Labute approximate surface area is 119 Å². The zero-order valence-corrected chi connectivity index (χ0v) is 10.9. The van der Waals surface area contributed by atoms with Crippen LogP contribution in [0.5, 0.6) is 5.75 Å². The molecule has 1 N–H and O–H groups in total. The lowest BCUT2D eigenvalue weighted by molar-refractivity contribution is 0.0697. The molecule has 104 valence electrons. The Morgan fingerprint density at radius 2 is 2.14 bits per heavy atom. The van der Waals surface area contributed by atoms with Crippen molar-refractivity contribution in [2.45, 2.75) is 6.04 Å². The number of hydrogen-bond acceptors (Lipinski definition) is 4. The third kappa shape index (κ3) is 1.76. The smallest absolute Gasteiger partial charge is 0.335 e. The number of fused-ring (bicyclic) bond motifs is 2. The van der Waals surface area contributed by atoms with Gasteiger partial charge in [-0.1, -0.05) is 23.4 Å². The molecule has 0 aliphatic carbocycles. The largest absolute Gasteiger partial charge is 0.491 e.